The van der Waals surface area contributed by atoms with Crippen molar-refractivity contribution in [1.29, 1.82) is 0 Å². The molecule has 0 saturated carbocycles. The zero-order chi connectivity index (χ0) is 12.8. The first kappa shape index (κ1) is 11.9. The number of sulfone groups is 1. The fraction of sp³-hybridized carbons (Fsp3) is 0.636. The Kier molecular flexibility index (Phi) is 2.74. The average Bonchev–Trinajstić information content (AvgIpc) is 2.92. The molecule has 0 aliphatic carbocycles. The molecule has 1 saturated heterocycles. The highest BCUT2D eigenvalue weighted by molar-refractivity contribution is 7.90. The molecule has 3 rings (SSSR count). The van der Waals surface area contributed by atoms with Gasteiger partial charge in [0.25, 0.3) is 0 Å². The standard InChI is InChI=1S/C11H15N3O3S/c1-17-11-8-5-18(15,16)6-9(8)13-10(14-11)7-2-3-12-4-7/h7,12H,2-6H2,1H3. The molecule has 2 aliphatic heterocycles. The Hall–Kier alpha value is -1.21. The summed E-state index contributed by atoms with van der Waals surface area (Å²) in [5.74, 6) is 1.38. The fourth-order valence-corrected chi connectivity index (χ4v) is 3.98. The molecular formula is C11H15N3O3S. The summed E-state index contributed by atoms with van der Waals surface area (Å²) in [5.41, 5.74) is 1.25. The summed E-state index contributed by atoms with van der Waals surface area (Å²) in [6.45, 7) is 1.79. The van der Waals surface area contributed by atoms with Gasteiger partial charge in [-0.1, -0.05) is 0 Å². The van der Waals surface area contributed by atoms with E-state index in [4.69, 9.17) is 4.74 Å². The van der Waals surface area contributed by atoms with E-state index in [0.29, 0.717) is 23.0 Å². The van der Waals surface area contributed by atoms with E-state index in [9.17, 15) is 8.42 Å². The van der Waals surface area contributed by atoms with E-state index in [-0.39, 0.29) is 17.4 Å². The maximum atomic E-state index is 11.7. The topological polar surface area (TPSA) is 81.2 Å². The molecule has 6 nitrogen and oxygen atoms in total. The van der Waals surface area contributed by atoms with Gasteiger partial charge in [-0.2, -0.15) is 4.98 Å². The van der Waals surface area contributed by atoms with Gasteiger partial charge >= 0.3 is 0 Å². The zero-order valence-electron chi connectivity index (χ0n) is 10.1. The second kappa shape index (κ2) is 4.17. The molecule has 18 heavy (non-hydrogen) atoms. The lowest BCUT2D eigenvalue weighted by Crippen LogP contribution is -2.12. The Balaban J connectivity index is 2.05. The Morgan fingerprint density at radius 1 is 1.33 bits per heavy atom. The van der Waals surface area contributed by atoms with Gasteiger partial charge in [-0.25, -0.2) is 13.4 Å². The van der Waals surface area contributed by atoms with Crippen LogP contribution in [0.3, 0.4) is 0 Å². The van der Waals surface area contributed by atoms with Crippen molar-refractivity contribution in [2.75, 3.05) is 20.2 Å². The van der Waals surface area contributed by atoms with Crippen LogP contribution in [0.15, 0.2) is 0 Å². The van der Waals surface area contributed by atoms with Gasteiger partial charge in [-0.3, -0.25) is 0 Å². The molecular weight excluding hydrogens is 254 g/mol. The SMILES string of the molecule is COc1nc(C2CCNC2)nc2c1CS(=O)(=O)C2. The molecule has 1 fully saturated rings. The summed E-state index contributed by atoms with van der Waals surface area (Å²) in [6, 6.07) is 0. The minimum Gasteiger partial charge on any atom is -0.481 e. The number of aromatic nitrogens is 2. The summed E-state index contributed by atoms with van der Waals surface area (Å²) in [4.78, 5) is 8.80. The molecule has 2 aliphatic rings. The second-order valence-electron chi connectivity index (χ2n) is 4.74. The lowest BCUT2D eigenvalue weighted by Gasteiger charge is -2.11. The number of rotatable bonds is 2. The highest BCUT2D eigenvalue weighted by atomic mass is 32.2. The van der Waals surface area contributed by atoms with Crippen molar-refractivity contribution in [1.82, 2.24) is 15.3 Å². The van der Waals surface area contributed by atoms with Crippen LogP contribution in [0.4, 0.5) is 0 Å². The van der Waals surface area contributed by atoms with E-state index in [1.165, 1.54) is 7.11 Å². The number of hydrogen-bond donors (Lipinski definition) is 1. The predicted octanol–water partition coefficient (Wildman–Crippen LogP) is -0.00950. The third kappa shape index (κ3) is 1.97. The van der Waals surface area contributed by atoms with Crippen LogP contribution < -0.4 is 10.1 Å². The van der Waals surface area contributed by atoms with E-state index in [2.05, 4.69) is 15.3 Å². The molecule has 1 unspecified atom stereocenters. The second-order valence-corrected chi connectivity index (χ2v) is 6.80. The summed E-state index contributed by atoms with van der Waals surface area (Å²) in [7, 11) is -1.56. The van der Waals surface area contributed by atoms with Crippen molar-refractivity contribution in [3.8, 4) is 5.88 Å². The van der Waals surface area contributed by atoms with Gasteiger partial charge in [0.2, 0.25) is 5.88 Å². The summed E-state index contributed by atoms with van der Waals surface area (Å²) < 4.78 is 28.5. The van der Waals surface area contributed by atoms with Gasteiger partial charge < -0.3 is 10.1 Å². The van der Waals surface area contributed by atoms with Gasteiger partial charge in [0.05, 0.1) is 29.9 Å². The molecule has 1 N–H and O–H groups in total. The van der Waals surface area contributed by atoms with Crippen LogP contribution in [0.1, 0.15) is 29.4 Å². The molecule has 0 aromatic carbocycles. The van der Waals surface area contributed by atoms with Gasteiger partial charge in [0.15, 0.2) is 9.84 Å². The molecule has 0 spiro atoms. The molecule has 98 valence electrons. The van der Waals surface area contributed by atoms with Crippen molar-refractivity contribution >= 4 is 9.84 Å². The van der Waals surface area contributed by atoms with Crippen LogP contribution in [-0.2, 0) is 21.3 Å². The van der Waals surface area contributed by atoms with Crippen LogP contribution in [0.5, 0.6) is 5.88 Å². The number of hydrogen-bond acceptors (Lipinski definition) is 6. The molecule has 1 aromatic heterocycles. The van der Waals surface area contributed by atoms with Crippen molar-refractivity contribution in [2.24, 2.45) is 0 Å². The first-order valence-corrected chi connectivity index (χ1v) is 7.76. The van der Waals surface area contributed by atoms with E-state index >= 15 is 0 Å². The first-order valence-electron chi connectivity index (χ1n) is 5.94. The van der Waals surface area contributed by atoms with Crippen LogP contribution in [0.2, 0.25) is 0 Å². The first-order chi connectivity index (χ1) is 8.59. The normalized spacial score (nSPS) is 25.1. The molecule has 0 bridgehead atoms. The van der Waals surface area contributed by atoms with Crippen molar-refractivity contribution in [2.45, 2.75) is 23.8 Å². The van der Waals surface area contributed by atoms with Crippen molar-refractivity contribution in [3.05, 3.63) is 17.1 Å². The van der Waals surface area contributed by atoms with Crippen LogP contribution in [-0.4, -0.2) is 38.6 Å². The van der Waals surface area contributed by atoms with Crippen LogP contribution >= 0.6 is 0 Å². The van der Waals surface area contributed by atoms with Crippen molar-refractivity contribution < 1.29 is 13.2 Å². The highest BCUT2D eigenvalue weighted by Crippen LogP contribution is 2.32. The number of fused-ring (bicyclic) bond motifs is 1. The molecule has 7 heteroatoms. The summed E-state index contributed by atoms with van der Waals surface area (Å²) in [5, 5.41) is 3.25. The number of ether oxygens (including phenoxy) is 1. The summed E-state index contributed by atoms with van der Waals surface area (Å²) >= 11 is 0. The zero-order valence-corrected chi connectivity index (χ0v) is 11.0. The number of nitrogens with one attached hydrogen (secondary N) is 1. The van der Waals surface area contributed by atoms with E-state index in [0.717, 1.165) is 19.5 Å². The molecule has 3 heterocycles. The molecule has 0 radical (unpaired) electrons. The van der Waals surface area contributed by atoms with E-state index in [1.807, 2.05) is 0 Å². The summed E-state index contributed by atoms with van der Waals surface area (Å²) in [6.07, 6.45) is 0.981. The monoisotopic (exact) mass is 269 g/mol. The average molecular weight is 269 g/mol. The number of methoxy groups -OCH3 is 1. The maximum absolute atomic E-state index is 11.7. The van der Waals surface area contributed by atoms with Gasteiger partial charge in [0.1, 0.15) is 5.82 Å². The molecule has 0 amide bonds. The molecule has 1 atom stereocenters. The minimum absolute atomic E-state index is 0.00525. The lowest BCUT2D eigenvalue weighted by molar-refractivity contribution is 0.388. The van der Waals surface area contributed by atoms with Gasteiger partial charge in [-0.15, -0.1) is 0 Å². The Bertz CT molecular complexity index is 579. The van der Waals surface area contributed by atoms with Crippen LogP contribution in [0, 0.1) is 0 Å². The Labute approximate surface area is 106 Å². The lowest BCUT2D eigenvalue weighted by atomic mass is 10.1. The smallest absolute Gasteiger partial charge is 0.220 e. The largest absolute Gasteiger partial charge is 0.481 e. The maximum Gasteiger partial charge on any atom is 0.220 e. The fourth-order valence-electron chi connectivity index (χ4n) is 2.50. The third-order valence-corrected chi connectivity index (χ3v) is 4.85. The molecule has 1 aromatic rings. The minimum atomic E-state index is -3.08. The van der Waals surface area contributed by atoms with Crippen molar-refractivity contribution in [3.63, 3.8) is 0 Å². The van der Waals surface area contributed by atoms with E-state index < -0.39 is 9.84 Å². The Morgan fingerprint density at radius 2 is 2.17 bits per heavy atom. The van der Waals surface area contributed by atoms with Gasteiger partial charge in [0, 0.05) is 12.5 Å². The number of nitrogens with zero attached hydrogens (tertiary/aromatic N) is 2. The van der Waals surface area contributed by atoms with Crippen LogP contribution in [0.25, 0.3) is 0 Å². The highest BCUT2D eigenvalue weighted by Gasteiger charge is 2.32. The predicted molar refractivity (Wildman–Crippen MR) is 65.1 cm³/mol. The third-order valence-electron chi connectivity index (χ3n) is 3.41. The quantitative estimate of drug-likeness (QED) is 0.813. The van der Waals surface area contributed by atoms with Gasteiger partial charge in [-0.05, 0) is 13.0 Å². The van der Waals surface area contributed by atoms with E-state index in [1.54, 1.807) is 0 Å². The Morgan fingerprint density at radius 3 is 2.83 bits per heavy atom.